The summed E-state index contributed by atoms with van der Waals surface area (Å²) in [7, 11) is -0.474. The van der Waals surface area contributed by atoms with Crippen LogP contribution >= 0.6 is 11.3 Å². The average Bonchev–Trinajstić information content (AvgIpc) is 2.93. The molecule has 0 saturated carbocycles. The van der Waals surface area contributed by atoms with Crippen LogP contribution in [0.15, 0.2) is 18.2 Å². The van der Waals surface area contributed by atoms with Gasteiger partial charge in [0.2, 0.25) is 0 Å². The topological polar surface area (TPSA) is 69.7 Å². The van der Waals surface area contributed by atoms with Crippen molar-refractivity contribution in [3.8, 4) is 0 Å². The van der Waals surface area contributed by atoms with Crippen molar-refractivity contribution in [1.29, 1.82) is 0 Å². The number of benzene rings is 1. The monoisotopic (exact) mass is 376 g/mol. The molecule has 1 amide bonds. The van der Waals surface area contributed by atoms with Gasteiger partial charge in [-0.1, -0.05) is 23.5 Å². The minimum Gasteiger partial charge on any atom is -0.444 e. The summed E-state index contributed by atoms with van der Waals surface area (Å²) in [6, 6.07) is 5.79. The molecule has 0 bridgehead atoms. The van der Waals surface area contributed by atoms with Crippen molar-refractivity contribution in [3.63, 3.8) is 0 Å². The average molecular weight is 376 g/mol. The second-order valence-corrected chi connectivity index (χ2v) is 9.43. The number of rotatable bonds is 2. The number of nitrogens with zero attached hydrogens (tertiary/aromatic N) is 1. The van der Waals surface area contributed by atoms with E-state index in [-0.39, 0.29) is 0 Å². The van der Waals surface area contributed by atoms with Crippen molar-refractivity contribution in [1.82, 2.24) is 4.98 Å². The van der Waals surface area contributed by atoms with Crippen molar-refractivity contribution in [2.75, 3.05) is 5.32 Å². The molecule has 1 saturated heterocycles. The Balaban J connectivity index is 1.88. The van der Waals surface area contributed by atoms with Crippen LogP contribution in [0, 0.1) is 0 Å². The van der Waals surface area contributed by atoms with Crippen LogP contribution in [-0.4, -0.2) is 35.0 Å². The van der Waals surface area contributed by atoms with Gasteiger partial charge in [-0.2, -0.15) is 0 Å². The maximum Gasteiger partial charge on any atom is 0.496 e. The van der Waals surface area contributed by atoms with E-state index in [1.807, 2.05) is 66.7 Å². The molecule has 3 rings (SSSR count). The number of thiazole rings is 1. The first-order valence-corrected chi connectivity index (χ1v) is 9.45. The van der Waals surface area contributed by atoms with Gasteiger partial charge < -0.3 is 14.0 Å². The highest BCUT2D eigenvalue weighted by atomic mass is 32.1. The van der Waals surface area contributed by atoms with E-state index in [4.69, 9.17) is 14.0 Å². The third-order valence-electron chi connectivity index (χ3n) is 4.56. The SMILES string of the molecule is CC(C)(C)OC(=O)Nc1nc2cccc(B3OC(C)(C)C(C)(C)O3)c2s1. The first-order chi connectivity index (χ1) is 11.9. The van der Waals surface area contributed by atoms with Gasteiger partial charge in [-0.25, -0.2) is 9.78 Å². The summed E-state index contributed by atoms with van der Waals surface area (Å²) in [5.41, 5.74) is 0.308. The second kappa shape index (κ2) is 6.21. The number of carbonyl (C=O) groups is 1. The Kier molecular flexibility index (Phi) is 4.57. The van der Waals surface area contributed by atoms with Gasteiger partial charge in [0.05, 0.1) is 21.4 Å². The molecular weight excluding hydrogens is 351 g/mol. The third kappa shape index (κ3) is 3.72. The zero-order valence-corrected chi connectivity index (χ0v) is 17.1. The molecule has 1 aliphatic rings. The van der Waals surface area contributed by atoms with Gasteiger partial charge in [-0.05, 0) is 54.5 Å². The summed E-state index contributed by atoms with van der Waals surface area (Å²) in [6.07, 6.45) is -0.520. The summed E-state index contributed by atoms with van der Waals surface area (Å²) in [4.78, 5) is 16.5. The molecule has 1 aliphatic heterocycles. The summed E-state index contributed by atoms with van der Waals surface area (Å²) in [6.45, 7) is 13.6. The summed E-state index contributed by atoms with van der Waals surface area (Å²) < 4.78 is 18.5. The Hall–Kier alpha value is -1.64. The first-order valence-electron chi connectivity index (χ1n) is 8.63. The van der Waals surface area contributed by atoms with E-state index in [0.29, 0.717) is 5.13 Å². The lowest BCUT2D eigenvalue weighted by Crippen LogP contribution is -2.41. The van der Waals surface area contributed by atoms with E-state index in [2.05, 4.69) is 10.3 Å². The number of nitrogens with one attached hydrogen (secondary N) is 1. The van der Waals surface area contributed by atoms with Gasteiger partial charge in [0.1, 0.15) is 5.60 Å². The highest BCUT2D eigenvalue weighted by Gasteiger charge is 2.52. The first kappa shape index (κ1) is 19.1. The summed E-state index contributed by atoms with van der Waals surface area (Å²) in [5, 5.41) is 3.19. The van der Waals surface area contributed by atoms with Gasteiger partial charge >= 0.3 is 13.2 Å². The largest absolute Gasteiger partial charge is 0.496 e. The predicted octanol–water partition coefficient (Wildman–Crippen LogP) is 3.94. The van der Waals surface area contributed by atoms with Crippen molar-refractivity contribution in [3.05, 3.63) is 18.2 Å². The van der Waals surface area contributed by atoms with E-state index in [9.17, 15) is 4.79 Å². The van der Waals surface area contributed by atoms with E-state index < -0.39 is 30.0 Å². The van der Waals surface area contributed by atoms with Crippen LogP contribution in [0.25, 0.3) is 10.2 Å². The zero-order valence-electron chi connectivity index (χ0n) is 16.3. The minimum absolute atomic E-state index is 0.415. The Bertz CT molecular complexity index is 825. The highest BCUT2D eigenvalue weighted by molar-refractivity contribution is 7.23. The maximum atomic E-state index is 12.0. The van der Waals surface area contributed by atoms with Gasteiger partial charge in [0.15, 0.2) is 5.13 Å². The predicted molar refractivity (Wildman–Crippen MR) is 105 cm³/mol. The van der Waals surface area contributed by atoms with E-state index in [0.717, 1.165) is 15.7 Å². The van der Waals surface area contributed by atoms with Crippen molar-refractivity contribution < 1.29 is 18.8 Å². The smallest absolute Gasteiger partial charge is 0.444 e. The fourth-order valence-electron chi connectivity index (χ4n) is 2.57. The normalized spacial score (nSPS) is 19.0. The second-order valence-electron chi connectivity index (χ2n) is 8.43. The zero-order chi connectivity index (χ0) is 19.3. The fourth-order valence-corrected chi connectivity index (χ4v) is 3.54. The van der Waals surface area contributed by atoms with Crippen LogP contribution < -0.4 is 10.8 Å². The summed E-state index contributed by atoms with van der Waals surface area (Å²) in [5.74, 6) is 0. The molecule has 1 aromatic heterocycles. The maximum absolute atomic E-state index is 12.0. The molecule has 1 N–H and O–H groups in total. The number of fused-ring (bicyclic) bond motifs is 1. The van der Waals surface area contributed by atoms with Gasteiger partial charge in [-0.3, -0.25) is 5.32 Å². The molecule has 0 aliphatic carbocycles. The Morgan fingerprint density at radius 3 is 2.38 bits per heavy atom. The van der Waals surface area contributed by atoms with Crippen LogP contribution in [0.3, 0.4) is 0 Å². The van der Waals surface area contributed by atoms with Gasteiger partial charge in [0.25, 0.3) is 0 Å². The lowest BCUT2D eigenvalue weighted by Gasteiger charge is -2.32. The van der Waals surface area contributed by atoms with Crippen LogP contribution in [-0.2, 0) is 14.0 Å². The van der Waals surface area contributed by atoms with Crippen molar-refractivity contribution in [2.45, 2.75) is 65.3 Å². The molecule has 1 aromatic carbocycles. The van der Waals surface area contributed by atoms with Crippen LogP contribution in [0.5, 0.6) is 0 Å². The van der Waals surface area contributed by atoms with Crippen LogP contribution in [0.4, 0.5) is 9.93 Å². The Morgan fingerprint density at radius 2 is 1.81 bits per heavy atom. The Labute approximate surface area is 158 Å². The highest BCUT2D eigenvalue weighted by Crippen LogP contribution is 2.37. The van der Waals surface area contributed by atoms with Crippen LogP contribution in [0.2, 0.25) is 0 Å². The molecule has 8 heteroatoms. The van der Waals surface area contributed by atoms with Crippen molar-refractivity contribution >= 4 is 45.4 Å². The number of anilines is 1. The molecule has 2 aromatic rings. The molecule has 26 heavy (non-hydrogen) atoms. The molecule has 6 nitrogen and oxygen atoms in total. The Morgan fingerprint density at radius 1 is 1.19 bits per heavy atom. The van der Waals surface area contributed by atoms with Gasteiger partial charge in [-0.15, -0.1) is 0 Å². The number of aromatic nitrogens is 1. The molecular formula is C18H25BN2O4S. The number of amides is 1. The molecule has 0 unspecified atom stereocenters. The molecule has 1 fully saturated rings. The standard InChI is InChI=1S/C18H25BN2O4S/c1-16(2,3)23-15(22)21-14-20-12-10-8-9-11(13(12)26-14)19-24-17(4,5)18(6,7)25-19/h8-10H,1-7H3,(H,20,21,22). The third-order valence-corrected chi connectivity index (χ3v) is 5.60. The molecule has 0 atom stereocenters. The van der Waals surface area contributed by atoms with Gasteiger partial charge in [0, 0.05) is 5.46 Å². The molecule has 2 heterocycles. The van der Waals surface area contributed by atoms with E-state index in [1.54, 1.807) is 0 Å². The van der Waals surface area contributed by atoms with Crippen LogP contribution in [0.1, 0.15) is 48.5 Å². The molecule has 0 spiro atoms. The quantitative estimate of drug-likeness (QED) is 0.804. The number of hydrogen-bond acceptors (Lipinski definition) is 6. The minimum atomic E-state index is -0.561. The summed E-state index contributed by atoms with van der Waals surface area (Å²) >= 11 is 1.38. The number of ether oxygens (including phenoxy) is 1. The molecule has 140 valence electrons. The lowest BCUT2D eigenvalue weighted by molar-refractivity contribution is 0.00578. The number of hydrogen-bond donors (Lipinski definition) is 1. The molecule has 0 radical (unpaired) electrons. The fraction of sp³-hybridized carbons (Fsp3) is 0.556. The van der Waals surface area contributed by atoms with E-state index >= 15 is 0 Å². The number of carbonyl (C=O) groups excluding carboxylic acids is 1. The van der Waals surface area contributed by atoms with Crippen molar-refractivity contribution in [2.24, 2.45) is 0 Å². The lowest BCUT2D eigenvalue weighted by atomic mass is 9.79. The van der Waals surface area contributed by atoms with E-state index in [1.165, 1.54) is 11.3 Å².